The molecule has 262 valence electrons. The molecular formula is C51H33N5. The van der Waals surface area contributed by atoms with Crippen LogP contribution in [0.2, 0.25) is 0 Å². The minimum Gasteiger partial charge on any atom is -0.309 e. The van der Waals surface area contributed by atoms with Crippen molar-refractivity contribution in [2.75, 3.05) is 0 Å². The number of nitrogens with zero attached hydrogens (tertiary/aromatic N) is 5. The summed E-state index contributed by atoms with van der Waals surface area (Å²) in [6.45, 7) is 0. The Morgan fingerprint density at radius 3 is 1.68 bits per heavy atom. The summed E-state index contributed by atoms with van der Waals surface area (Å²) in [5.74, 6) is 1.61. The lowest BCUT2D eigenvalue weighted by atomic mass is 10.0. The molecule has 11 rings (SSSR count). The number of benzene rings is 7. The van der Waals surface area contributed by atoms with Crippen LogP contribution in [0.25, 0.3) is 100 Å². The fourth-order valence-electron chi connectivity index (χ4n) is 8.19. The molecule has 0 spiro atoms. The van der Waals surface area contributed by atoms with Crippen molar-refractivity contribution >= 4 is 43.6 Å². The summed E-state index contributed by atoms with van der Waals surface area (Å²) in [5, 5.41) is 4.83. The van der Waals surface area contributed by atoms with E-state index in [-0.39, 0.29) is 0 Å². The van der Waals surface area contributed by atoms with Gasteiger partial charge in [-0.25, -0.2) is 15.0 Å². The third kappa shape index (κ3) is 5.29. The van der Waals surface area contributed by atoms with E-state index in [0.717, 1.165) is 72.8 Å². The van der Waals surface area contributed by atoms with E-state index in [1.807, 2.05) is 42.6 Å². The second kappa shape index (κ2) is 13.0. The van der Waals surface area contributed by atoms with E-state index in [1.165, 1.54) is 21.5 Å². The molecule has 0 fully saturated rings. The molecule has 0 N–H and O–H groups in total. The number of para-hydroxylation sites is 2. The Morgan fingerprint density at radius 2 is 0.911 bits per heavy atom. The zero-order chi connectivity index (χ0) is 37.0. The van der Waals surface area contributed by atoms with Crippen LogP contribution >= 0.6 is 0 Å². The van der Waals surface area contributed by atoms with Gasteiger partial charge in [0.25, 0.3) is 0 Å². The van der Waals surface area contributed by atoms with E-state index in [0.29, 0.717) is 5.82 Å². The van der Waals surface area contributed by atoms with Gasteiger partial charge in [-0.3, -0.25) is 4.57 Å². The number of pyridine rings is 1. The number of fused-ring (bicyclic) bond motifs is 6. The molecule has 5 heteroatoms. The molecule has 0 bridgehead atoms. The molecule has 4 heterocycles. The average molecular weight is 716 g/mol. The van der Waals surface area contributed by atoms with Gasteiger partial charge in [-0.15, -0.1) is 0 Å². The minimum absolute atomic E-state index is 0.703. The summed E-state index contributed by atoms with van der Waals surface area (Å²) in [6.07, 6.45) is 1.85. The molecule has 0 aliphatic carbocycles. The van der Waals surface area contributed by atoms with Crippen molar-refractivity contribution in [3.05, 3.63) is 200 Å². The summed E-state index contributed by atoms with van der Waals surface area (Å²) >= 11 is 0. The fourth-order valence-corrected chi connectivity index (χ4v) is 8.19. The Kier molecular flexibility index (Phi) is 7.42. The normalized spacial score (nSPS) is 11.6. The molecule has 11 aromatic rings. The van der Waals surface area contributed by atoms with Crippen molar-refractivity contribution in [2.24, 2.45) is 0 Å². The lowest BCUT2D eigenvalue weighted by Gasteiger charge is -2.13. The SMILES string of the molecule is c1ccc(-c2cc(-c3cccc(-n4c5ccccc5c5ccc(-c6ccc7c(c6)c6ccccc6n7-c6ccccn6)cc54)c3)nc(-c3ccccc3)n2)cc1. The zero-order valence-corrected chi connectivity index (χ0v) is 30.3. The molecule has 0 atom stereocenters. The van der Waals surface area contributed by atoms with E-state index in [2.05, 4.69) is 167 Å². The molecule has 0 saturated carbocycles. The highest BCUT2D eigenvalue weighted by Crippen LogP contribution is 2.39. The van der Waals surface area contributed by atoms with Gasteiger partial charge in [0.15, 0.2) is 5.82 Å². The first kappa shape index (κ1) is 31.9. The van der Waals surface area contributed by atoms with Crippen LogP contribution in [0.3, 0.4) is 0 Å². The lowest BCUT2D eigenvalue weighted by Crippen LogP contribution is -1.98. The van der Waals surface area contributed by atoms with Crippen LogP contribution in [0.4, 0.5) is 0 Å². The molecule has 0 aliphatic heterocycles. The maximum Gasteiger partial charge on any atom is 0.160 e. The van der Waals surface area contributed by atoms with E-state index < -0.39 is 0 Å². The number of hydrogen-bond donors (Lipinski definition) is 0. The first-order chi connectivity index (χ1) is 27.8. The van der Waals surface area contributed by atoms with Crippen molar-refractivity contribution in [2.45, 2.75) is 0 Å². The molecule has 5 nitrogen and oxygen atoms in total. The largest absolute Gasteiger partial charge is 0.309 e. The second-order valence-corrected chi connectivity index (χ2v) is 14.1. The van der Waals surface area contributed by atoms with Crippen LogP contribution in [0, 0.1) is 0 Å². The molecule has 0 unspecified atom stereocenters. The van der Waals surface area contributed by atoms with Crippen molar-refractivity contribution in [3.8, 4) is 56.5 Å². The van der Waals surface area contributed by atoms with Gasteiger partial charge in [0.2, 0.25) is 0 Å². The number of hydrogen-bond acceptors (Lipinski definition) is 3. The van der Waals surface area contributed by atoms with E-state index >= 15 is 0 Å². The standard InChI is InChI=1S/C51H33N5/c1-3-14-34(15-4-1)44-33-45(54-51(53-44)35-16-5-2-6-17-35)38-18-13-19-39(30-38)55-46-22-9-7-20-40(46)42-27-25-37(32-49(42)55)36-26-28-48-43(31-36)41-21-8-10-23-47(41)56(48)50-24-11-12-29-52-50/h1-33H. The summed E-state index contributed by atoms with van der Waals surface area (Å²) in [7, 11) is 0. The highest BCUT2D eigenvalue weighted by Gasteiger charge is 2.17. The van der Waals surface area contributed by atoms with Crippen LogP contribution in [0.15, 0.2) is 200 Å². The summed E-state index contributed by atoms with van der Waals surface area (Å²) in [4.78, 5) is 14.9. The summed E-state index contributed by atoms with van der Waals surface area (Å²) < 4.78 is 4.65. The smallest absolute Gasteiger partial charge is 0.160 e. The van der Waals surface area contributed by atoms with Gasteiger partial charge in [0.05, 0.1) is 33.5 Å². The maximum atomic E-state index is 5.14. The quantitative estimate of drug-likeness (QED) is 0.172. The first-order valence-corrected chi connectivity index (χ1v) is 18.9. The predicted molar refractivity (Wildman–Crippen MR) is 230 cm³/mol. The van der Waals surface area contributed by atoms with Crippen molar-refractivity contribution in [1.29, 1.82) is 0 Å². The second-order valence-electron chi connectivity index (χ2n) is 14.1. The van der Waals surface area contributed by atoms with Crippen LogP contribution in [-0.4, -0.2) is 24.1 Å². The third-order valence-corrected chi connectivity index (χ3v) is 10.8. The highest BCUT2D eigenvalue weighted by molar-refractivity contribution is 6.12. The van der Waals surface area contributed by atoms with Crippen molar-refractivity contribution in [3.63, 3.8) is 0 Å². The molecule has 0 saturated heterocycles. The molecule has 0 radical (unpaired) electrons. The van der Waals surface area contributed by atoms with Crippen LogP contribution < -0.4 is 0 Å². The Balaban J connectivity index is 1.08. The molecule has 0 aliphatic rings. The van der Waals surface area contributed by atoms with Crippen LogP contribution in [-0.2, 0) is 0 Å². The summed E-state index contributed by atoms with van der Waals surface area (Å²) in [5.41, 5.74) is 12.8. The van der Waals surface area contributed by atoms with Gasteiger partial charge in [-0.05, 0) is 71.8 Å². The molecule has 4 aromatic heterocycles. The number of aromatic nitrogens is 5. The predicted octanol–water partition coefficient (Wildman–Crippen LogP) is 12.7. The van der Waals surface area contributed by atoms with E-state index in [4.69, 9.17) is 15.0 Å². The molecular weight excluding hydrogens is 683 g/mol. The molecule has 0 amide bonds. The van der Waals surface area contributed by atoms with Gasteiger partial charge < -0.3 is 4.57 Å². The lowest BCUT2D eigenvalue weighted by molar-refractivity contribution is 1.08. The van der Waals surface area contributed by atoms with Gasteiger partial charge >= 0.3 is 0 Å². The minimum atomic E-state index is 0.703. The Labute approximate surface area is 323 Å². The van der Waals surface area contributed by atoms with Gasteiger partial charge in [0.1, 0.15) is 5.82 Å². The maximum absolute atomic E-state index is 5.14. The number of rotatable bonds is 6. The monoisotopic (exact) mass is 715 g/mol. The Morgan fingerprint density at radius 1 is 0.321 bits per heavy atom. The average Bonchev–Trinajstić information content (AvgIpc) is 3.79. The van der Waals surface area contributed by atoms with E-state index in [1.54, 1.807) is 0 Å². The molecule has 56 heavy (non-hydrogen) atoms. The van der Waals surface area contributed by atoms with Crippen molar-refractivity contribution < 1.29 is 0 Å². The van der Waals surface area contributed by atoms with E-state index in [9.17, 15) is 0 Å². The van der Waals surface area contributed by atoms with Gasteiger partial charge in [-0.1, -0.05) is 133 Å². The van der Waals surface area contributed by atoms with Crippen LogP contribution in [0.5, 0.6) is 0 Å². The third-order valence-electron chi connectivity index (χ3n) is 10.8. The zero-order valence-electron chi connectivity index (χ0n) is 30.3. The topological polar surface area (TPSA) is 48.5 Å². The highest BCUT2D eigenvalue weighted by atomic mass is 15.1. The Bertz CT molecular complexity index is 3180. The molecule has 7 aromatic carbocycles. The first-order valence-electron chi connectivity index (χ1n) is 18.9. The van der Waals surface area contributed by atoms with Gasteiger partial charge in [0, 0.05) is 50.1 Å². The summed E-state index contributed by atoms with van der Waals surface area (Å²) in [6, 6.07) is 68.4. The fraction of sp³-hybridized carbons (Fsp3) is 0. The van der Waals surface area contributed by atoms with Crippen LogP contribution in [0.1, 0.15) is 0 Å². The van der Waals surface area contributed by atoms with Crippen molar-refractivity contribution in [1.82, 2.24) is 24.1 Å². The van der Waals surface area contributed by atoms with Gasteiger partial charge in [-0.2, -0.15) is 0 Å². The Hall–Kier alpha value is -7.63.